The summed E-state index contributed by atoms with van der Waals surface area (Å²) in [5.41, 5.74) is 0. The van der Waals surface area contributed by atoms with Crippen molar-refractivity contribution in [1.82, 2.24) is 5.32 Å². The molecule has 1 unspecified atom stereocenters. The van der Waals surface area contributed by atoms with Crippen molar-refractivity contribution in [3.63, 3.8) is 0 Å². The third kappa shape index (κ3) is 4.51. The third-order valence-electron chi connectivity index (χ3n) is 2.23. The van der Waals surface area contributed by atoms with E-state index in [0.29, 0.717) is 17.6 Å². The molecule has 0 radical (unpaired) electrons. The molecular formula is C12H16BrF2NO2. The number of likely N-dealkylation sites (N-methyl/N-ethyl adjacent to an activating group) is 1. The van der Waals surface area contributed by atoms with Gasteiger partial charge in [-0.15, -0.1) is 0 Å². The summed E-state index contributed by atoms with van der Waals surface area (Å²) < 4.78 is 37.5. The van der Waals surface area contributed by atoms with E-state index in [9.17, 15) is 8.78 Å². The predicted molar refractivity (Wildman–Crippen MR) is 68.9 cm³/mol. The second-order valence-corrected chi connectivity index (χ2v) is 4.62. The number of hydrogen-bond acceptors (Lipinski definition) is 3. The number of nitrogens with one attached hydrogen (secondary N) is 1. The first-order chi connectivity index (χ1) is 8.58. The Morgan fingerprint density at radius 2 is 2.11 bits per heavy atom. The van der Waals surface area contributed by atoms with Crippen molar-refractivity contribution in [2.75, 3.05) is 26.8 Å². The Morgan fingerprint density at radius 1 is 1.39 bits per heavy atom. The minimum atomic E-state index is -0.990. The lowest BCUT2D eigenvalue weighted by molar-refractivity contribution is 0.0776. The summed E-state index contributed by atoms with van der Waals surface area (Å²) >= 11 is 3.10. The third-order valence-corrected chi connectivity index (χ3v) is 2.69. The van der Waals surface area contributed by atoms with Gasteiger partial charge in [0.15, 0.2) is 11.6 Å². The van der Waals surface area contributed by atoms with Crippen LogP contribution in [0.1, 0.15) is 6.92 Å². The van der Waals surface area contributed by atoms with Crippen LogP contribution in [0.3, 0.4) is 0 Å². The van der Waals surface area contributed by atoms with Gasteiger partial charge in [0.1, 0.15) is 6.10 Å². The van der Waals surface area contributed by atoms with E-state index in [1.165, 1.54) is 13.2 Å². The monoisotopic (exact) mass is 323 g/mol. The number of hydrogen-bond donors (Lipinski definition) is 1. The second kappa shape index (κ2) is 7.66. The van der Waals surface area contributed by atoms with Crippen LogP contribution in [-0.4, -0.2) is 32.9 Å². The molecule has 0 bridgehead atoms. The summed E-state index contributed by atoms with van der Waals surface area (Å²) in [7, 11) is 1.53. The van der Waals surface area contributed by atoms with E-state index in [4.69, 9.17) is 9.47 Å². The van der Waals surface area contributed by atoms with Crippen LogP contribution < -0.4 is 10.1 Å². The first kappa shape index (κ1) is 15.3. The van der Waals surface area contributed by atoms with Gasteiger partial charge in [0, 0.05) is 18.1 Å². The molecular weight excluding hydrogens is 308 g/mol. The molecule has 1 atom stereocenters. The maximum Gasteiger partial charge on any atom is 0.200 e. The minimum absolute atomic E-state index is 0.123. The minimum Gasteiger partial charge on any atom is -0.483 e. The average molecular weight is 324 g/mol. The molecule has 3 nitrogen and oxygen atoms in total. The van der Waals surface area contributed by atoms with Crippen LogP contribution in [0.15, 0.2) is 16.6 Å². The van der Waals surface area contributed by atoms with E-state index in [2.05, 4.69) is 21.2 Å². The molecule has 6 heteroatoms. The number of benzene rings is 1. The van der Waals surface area contributed by atoms with Crippen LogP contribution >= 0.6 is 15.9 Å². The maximum absolute atomic E-state index is 13.5. The zero-order chi connectivity index (χ0) is 13.5. The van der Waals surface area contributed by atoms with Crippen molar-refractivity contribution in [3.8, 4) is 5.75 Å². The van der Waals surface area contributed by atoms with Crippen molar-refractivity contribution < 1.29 is 18.3 Å². The molecule has 1 aromatic rings. The largest absolute Gasteiger partial charge is 0.483 e. The van der Waals surface area contributed by atoms with Gasteiger partial charge in [-0.2, -0.15) is 4.39 Å². The van der Waals surface area contributed by atoms with Gasteiger partial charge in [-0.3, -0.25) is 0 Å². The van der Waals surface area contributed by atoms with Gasteiger partial charge in [0.25, 0.3) is 0 Å². The quantitative estimate of drug-likeness (QED) is 0.783. The Morgan fingerprint density at radius 3 is 2.72 bits per heavy atom. The fraction of sp³-hybridized carbons (Fsp3) is 0.500. The fourth-order valence-corrected chi connectivity index (χ4v) is 1.83. The van der Waals surface area contributed by atoms with E-state index >= 15 is 0 Å². The summed E-state index contributed by atoms with van der Waals surface area (Å²) in [6, 6.07) is 2.45. The molecule has 0 amide bonds. The smallest absolute Gasteiger partial charge is 0.200 e. The summed E-state index contributed by atoms with van der Waals surface area (Å²) in [4.78, 5) is 0. The van der Waals surface area contributed by atoms with E-state index in [1.54, 1.807) is 0 Å². The Hall–Kier alpha value is -0.720. The average Bonchev–Trinajstić information content (AvgIpc) is 2.32. The Kier molecular flexibility index (Phi) is 6.52. The molecule has 102 valence electrons. The molecule has 0 heterocycles. The van der Waals surface area contributed by atoms with Crippen LogP contribution in [0.2, 0.25) is 0 Å². The second-order valence-electron chi connectivity index (χ2n) is 3.70. The number of ether oxygens (including phenoxy) is 2. The fourth-order valence-electron chi connectivity index (χ4n) is 1.42. The lowest BCUT2D eigenvalue weighted by atomic mass is 10.3. The Bertz CT molecular complexity index is 391. The zero-order valence-electron chi connectivity index (χ0n) is 10.3. The summed E-state index contributed by atoms with van der Waals surface area (Å²) in [5, 5.41) is 3.07. The molecule has 0 saturated carbocycles. The highest BCUT2D eigenvalue weighted by molar-refractivity contribution is 9.10. The maximum atomic E-state index is 13.5. The summed E-state index contributed by atoms with van der Waals surface area (Å²) in [6.45, 7) is 3.50. The van der Waals surface area contributed by atoms with Gasteiger partial charge in [-0.05, 0) is 18.7 Å². The molecule has 0 aliphatic rings. The zero-order valence-corrected chi connectivity index (χ0v) is 11.9. The highest BCUT2D eigenvalue weighted by atomic mass is 79.9. The van der Waals surface area contributed by atoms with Crippen molar-refractivity contribution in [3.05, 3.63) is 28.2 Å². The van der Waals surface area contributed by atoms with Crippen LogP contribution in [0.4, 0.5) is 8.78 Å². The highest BCUT2D eigenvalue weighted by Gasteiger charge is 2.16. The molecule has 0 saturated heterocycles. The topological polar surface area (TPSA) is 30.5 Å². The molecule has 1 N–H and O–H groups in total. The molecule has 1 aromatic carbocycles. The van der Waals surface area contributed by atoms with Gasteiger partial charge >= 0.3 is 0 Å². The van der Waals surface area contributed by atoms with Gasteiger partial charge in [0.05, 0.1) is 6.61 Å². The van der Waals surface area contributed by atoms with Gasteiger partial charge in [0.2, 0.25) is 5.82 Å². The normalized spacial score (nSPS) is 12.5. The molecule has 0 spiro atoms. The van der Waals surface area contributed by atoms with Crippen molar-refractivity contribution in [2.24, 2.45) is 0 Å². The van der Waals surface area contributed by atoms with E-state index in [1.807, 2.05) is 6.92 Å². The van der Waals surface area contributed by atoms with Crippen LogP contribution in [-0.2, 0) is 4.74 Å². The predicted octanol–water partition coefficient (Wildman–Crippen LogP) is 2.73. The molecule has 0 aromatic heterocycles. The number of rotatable bonds is 7. The Labute approximate surface area is 114 Å². The van der Waals surface area contributed by atoms with Gasteiger partial charge < -0.3 is 14.8 Å². The summed E-state index contributed by atoms with van der Waals surface area (Å²) in [6.07, 6.45) is -0.377. The molecule has 0 fully saturated rings. The lowest BCUT2D eigenvalue weighted by Crippen LogP contribution is -2.35. The van der Waals surface area contributed by atoms with Crippen molar-refractivity contribution >= 4 is 15.9 Å². The SMILES string of the molecule is CCNCC(COC)Oc1cc(Br)cc(F)c1F. The van der Waals surface area contributed by atoms with E-state index in [-0.39, 0.29) is 11.9 Å². The van der Waals surface area contributed by atoms with Gasteiger partial charge in [-0.1, -0.05) is 22.9 Å². The number of methoxy groups -OCH3 is 1. The molecule has 18 heavy (non-hydrogen) atoms. The first-order valence-corrected chi connectivity index (χ1v) is 6.38. The first-order valence-electron chi connectivity index (χ1n) is 5.59. The molecule has 0 aliphatic heterocycles. The van der Waals surface area contributed by atoms with Crippen LogP contribution in [0, 0.1) is 11.6 Å². The number of halogens is 3. The van der Waals surface area contributed by atoms with Crippen LogP contribution in [0.5, 0.6) is 5.75 Å². The standard InChI is InChI=1S/C12H16BrF2NO2/c1-3-16-6-9(7-17-2)18-11-5-8(13)4-10(14)12(11)15/h4-5,9,16H,3,6-7H2,1-2H3. The lowest BCUT2D eigenvalue weighted by Gasteiger charge is -2.19. The summed E-state index contributed by atoms with van der Waals surface area (Å²) in [5.74, 6) is -2.06. The highest BCUT2D eigenvalue weighted by Crippen LogP contribution is 2.26. The molecule has 0 aliphatic carbocycles. The van der Waals surface area contributed by atoms with E-state index < -0.39 is 11.6 Å². The van der Waals surface area contributed by atoms with Crippen molar-refractivity contribution in [1.29, 1.82) is 0 Å². The van der Waals surface area contributed by atoms with Crippen LogP contribution in [0.25, 0.3) is 0 Å². The van der Waals surface area contributed by atoms with Gasteiger partial charge in [-0.25, -0.2) is 4.39 Å². The Balaban J connectivity index is 2.79. The molecule has 1 rings (SSSR count). The van der Waals surface area contributed by atoms with Crippen molar-refractivity contribution in [2.45, 2.75) is 13.0 Å². The van der Waals surface area contributed by atoms with E-state index in [0.717, 1.165) is 12.6 Å².